The van der Waals surface area contributed by atoms with Gasteiger partial charge in [0.2, 0.25) is 0 Å². The summed E-state index contributed by atoms with van der Waals surface area (Å²) < 4.78 is 1.72. The Hall–Kier alpha value is -3.06. The largest absolute Gasteiger partial charge is 0.338 e. The molecule has 3 aromatic rings. The minimum Gasteiger partial charge on any atom is -0.338 e. The van der Waals surface area contributed by atoms with E-state index in [9.17, 15) is 4.79 Å². The zero-order valence-electron chi connectivity index (χ0n) is 18.4. The average molecular weight is 431 g/mol. The predicted molar refractivity (Wildman–Crippen MR) is 122 cm³/mol. The molecular weight excluding hydrogens is 400 g/mol. The first kappa shape index (κ1) is 20.8. The number of piperazine rings is 1. The Balaban J connectivity index is 1.35. The van der Waals surface area contributed by atoms with Gasteiger partial charge in [-0.1, -0.05) is 79.9 Å². The fraction of sp³-hybridized carbons (Fsp3) is 0.440. The van der Waals surface area contributed by atoms with Crippen molar-refractivity contribution in [2.24, 2.45) is 0 Å². The van der Waals surface area contributed by atoms with Crippen LogP contribution < -0.4 is 0 Å². The van der Waals surface area contributed by atoms with E-state index in [-0.39, 0.29) is 11.9 Å². The molecule has 0 radical (unpaired) electrons. The quantitative estimate of drug-likeness (QED) is 0.622. The highest BCUT2D eigenvalue weighted by atomic mass is 16.2. The molecule has 7 heteroatoms. The summed E-state index contributed by atoms with van der Waals surface area (Å²) in [6, 6.07) is 21.5. The minimum atomic E-state index is -0.623. The summed E-state index contributed by atoms with van der Waals surface area (Å²) in [6.45, 7) is 3.12. The third-order valence-corrected chi connectivity index (χ3v) is 7.06. The summed E-state index contributed by atoms with van der Waals surface area (Å²) in [7, 11) is 0. The molecule has 0 N–H and O–H groups in total. The van der Waals surface area contributed by atoms with Crippen LogP contribution in [-0.4, -0.2) is 62.1 Å². The van der Waals surface area contributed by atoms with Crippen molar-refractivity contribution < 1.29 is 4.79 Å². The first-order chi connectivity index (χ1) is 15.8. The molecule has 2 fully saturated rings. The van der Waals surface area contributed by atoms with Gasteiger partial charge in [0.15, 0.2) is 0 Å². The molecule has 0 spiro atoms. The number of hydrogen-bond donors (Lipinski definition) is 0. The zero-order valence-corrected chi connectivity index (χ0v) is 18.4. The van der Waals surface area contributed by atoms with E-state index in [0.29, 0.717) is 0 Å². The molecule has 1 aliphatic carbocycles. The number of aromatic nitrogens is 4. The van der Waals surface area contributed by atoms with Crippen molar-refractivity contribution in [3.05, 3.63) is 78.1 Å². The Morgan fingerprint density at radius 1 is 0.812 bits per heavy atom. The normalized spacial score (nSPS) is 19.2. The van der Waals surface area contributed by atoms with Crippen molar-refractivity contribution in [3.63, 3.8) is 0 Å². The fourth-order valence-corrected chi connectivity index (χ4v) is 5.40. The monoisotopic (exact) mass is 430 g/mol. The lowest BCUT2D eigenvalue weighted by molar-refractivity contribution is -0.145. The van der Waals surface area contributed by atoms with Crippen LogP contribution >= 0.6 is 0 Å². The summed E-state index contributed by atoms with van der Waals surface area (Å²) >= 11 is 0. The molecule has 7 nitrogen and oxygen atoms in total. The molecule has 0 bridgehead atoms. The van der Waals surface area contributed by atoms with Gasteiger partial charge in [-0.25, -0.2) is 4.68 Å². The second-order valence-electron chi connectivity index (χ2n) is 8.90. The van der Waals surface area contributed by atoms with Crippen LogP contribution in [0.25, 0.3) is 0 Å². The standard InChI is InChI=1S/C25H30N6O/c32-24(25(14-8-3-9-15-25)31-20-26-27-28-31)30-18-16-29(17-19-30)23(21-10-4-1-5-11-21)22-12-6-2-7-13-22/h1-2,4-7,10-13,20,23H,3,8-9,14-19H2. The number of rotatable bonds is 5. The summed E-state index contributed by atoms with van der Waals surface area (Å²) in [5.41, 5.74) is 1.95. The van der Waals surface area contributed by atoms with E-state index in [0.717, 1.165) is 51.9 Å². The van der Waals surface area contributed by atoms with E-state index in [1.54, 1.807) is 11.0 Å². The summed E-state index contributed by atoms with van der Waals surface area (Å²) in [5.74, 6) is 0.181. The maximum atomic E-state index is 13.8. The Labute approximate surface area is 189 Å². The molecule has 166 valence electrons. The number of amides is 1. The minimum absolute atomic E-state index is 0.181. The van der Waals surface area contributed by atoms with Crippen LogP contribution in [0.4, 0.5) is 0 Å². The van der Waals surface area contributed by atoms with Crippen molar-refractivity contribution >= 4 is 5.91 Å². The highest BCUT2D eigenvalue weighted by molar-refractivity contribution is 5.84. The van der Waals surface area contributed by atoms with Gasteiger partial charge in [0, 0.05) is 26.2 Å². The molecule has 1 amide bonds. The van der Waals surface area contributed by atoms with E-state index in [2.05, 4.69) is 81.1 Å². The van der Waals surface area contributed by atoms with Gasteiger partial charge in [0.1, 0.15) is 11.9 Å². The van der Waals surface area contributed by atoms with Crippen LogP contribution in [0.1, 0.15) is 49.3 Å². The molecule has 2 aromatic carbocycles. The number of carbonyl (C=O) groups is 1. The van der Waals surface area contributed by atoms with Crippen LogP contribution in [0.5, 0.6) is 0 Å². The smallest absolute Gasteiger partial charge is 0.250 e. The summed E-state index contributed by atoms with van der Waals surface area (Å²) in [4.78, 5) is 18.3. The van der Waals surface area contributed by atoms with E-state index in [4.69, 9.17) is 0 Å². The molecule has 5 rings (SSSR count). The number of hydrogen-bond acceptors (Lipinski definition) is 5. The highest BCUT2D eigenvalue weighted by Crippen LogP contribution is 2.37. The van der Waals surface area contributed by atoms with E-state index in [1.165, 1.54) is 17.5 Å². The lowest BCUT2D eigenvalue weighted by atomic mass is 9.80. The van der Waals surface area contributed by atoms with Crippen LogP contribution in [-0.2, 0) is 10.3 Å². The number of carbonyl (C=O) groups excluding carboxylic acids is 1. The SMILES string of the molecule is O=C(N1CCN(C(c2ccccc2)c2ccccc2)CC1)C1(n2cnnn2)CCCCC1. The van der Waals surface area contributed by atoms with Gasteiger partial charge in [-0.15, -0.1) is 5.10 Å². The topological polar surface area (TPSA) is 67.2 Å². The maximum absolute atomic E-state index is 13.8. The molecule has 2 aliphatic rings. The Morgan fingerprint density at radius 3 is 1.94 bits per heavy atom. The molecular formula is C25H30N6O. The van der Waals surface area contributed by atoms with Gasteiger partial charge in [0.25, 0.3) is 5.91 Å². The summed E-state index contributed by atoms with van der Waals surface area (Å²) in [5, 5.41) is 11.8. The number of tetrazole rings is 1. The molecule has 1 saturated heterocycles. The molecule has 2 heterocycles. The van der Waals surface area contributed by atoms with Crippen molar-refractivity contribution in [3.8, 4) is 0 Å². The maximum Gasteiger partial charge on any atom is 0.250 e. The molecule has 1 aliphatic heterocycles. The van der Waals surface area contributed by atoms with Crippen LogP contribution in [0, 0.1) is 0 Å². The van der Waals surface area contributed by atoms with E-state index in [1.807, 2.05) is 4.90 Å². The van der Waals surface area contributed by atoms with Crippen molar-refractivity contribution in [1.29, 1.82) is 0 Å². The molecule has 0 unspecified atom stereocenters. The number of benzene rings is 2. The van der Waals surface area contributed by atoms with Gasteiger partial charge >= 0.3 is 0 Å². The van der Waals surface area contributed by atoms with Crippen LogP contribution in [0.3, 0.4) is 0 Å². The molecule has 1 aromatic heterocycles. The van der Waals surface area contributed by atoms with Crippen LogP contribution in [0.2, 0.25) is 0 Å². The molecule has 32 heavy (non-hydrogen) atoms. The van der Waals surface area contributed by atoms with E-state index < -0.39 is 5.54 Å². The second kappa shape index (κ2) is 9.20. The molecule has 1 saturated carbocycles. The number of nitrogens with zero attached hydrogens (tertiary/aromatic N) is 6. The first-order valence-electron chi connectivity index (χ1n) is 11.6. The lowest BCUT2D eigenvalue weighted by Gasteiger charge is -2.44. The third-order valence-electron chi connectivity index (χ3n) is 7.06. The van der Waals surface area contributed by atoms with Crippen molar-refractivity contribution in [1.82, 2.24) is 30.0 Å². The van der Waals surface area contributed by atoms with Gasteiger partial charge in [0.05, 0.1) is 6.04 Å². The van der Waals surface area contributed by atoms with Crippen LogP contribution in [0.15, 0.2) is 67.0 Å². The first-order valence-corrected chi connectivity index (χ1v) is 11.6. The lowest BCUT2D eigenvalue weighted by Crippen LogP contribution is -2.57. The predicted octanol–water partition coefficient (Wildman–Crippen LogP) is 3.27. The van der Waals surface area contributed by atoms with Gasteiger partial charge in [-0.05, 0) is 34.4 Å². The summed E-state index contributed by atoms with van der Waals surface area (Å²) in [6.07, 6.45) is 6.48. The molecule has 0 atom stereocenters. The Kier molecular flexibility index (Phi) is 5.99. The van der Waals surface area contributed by atoms with Crippen molar-refractivity contribution in [2.45, 2.75) is 43.7 Å². The fourth-order valence-electron chi connectivity index (χ4n) is 5.40. The highest BCUT2D eigenvalue weighted by Gasteiger charge is 2.45. The van der Waals surface area contributed by atoms with E-state index >= 15 is 0 Å². The van der Waals surface area contributed by atoms with Gasteiger partial charge in [-0.3, -0.25) is 9.69 Å². The van der Waals surface area contributed by atoms with Crippen molar-refractivity contribution in [2.75, 3.05) is 26.2 Å². The Bertz CT molecular complexity index is 954. The van der Waals surface area contributed by atoms with Gasteiger partial charge in [-0.2, -0.15) is 0 Å². The van der Waals surface area contributed by atoms with Gasteiger partial charge < -0.3 is 4.90 Å². The second-order valence-corrected chi connectivity index (χ2v) is 8.90. The zero-order chi connectivity index (χ0) is 21.8. The Morgan fingerprint density at radius 2 is 1.41 bits per heavy atom. The average Bonchev–Trinajstić information content (AvgIpc) is 3.42. The third kappa shape index (κ3) is 3.93.